The zero-order valence-corrected chi connectivity index (χ0v) is 12.5. The molecule has 0 saturated carbocycles. The van der Waals surface area contributed by atoms with Crippen molar-refractivity contribution in [1.29, 1.82) is 0 Å². The van der Waals surface area contributed by atoms with Gasteiger partial charge in [0.1, 0.15) is 13.2 Å². The van der Waals surface area contributed by atoms with Crippen LogP contribution in [0.5, 0.6) is 11.5 Å². The lowest BCUT2D eigenvalue weighted by Gasteiger charge is -2.22. The van der Waals surface area contributed by atoms with Crippen LogP contribution in [0.3, 0.4) is 0 Å². The number of benzene rings is 1. The summed E-state index contributed by atoms with van der Waals surface area (Å²) >= 11 is 1.72. The second kappa shape index (κ2) is 5.81. The molecule has 0 spiro atoms. The van der Waals surface area contributed by atoms with E-state index in [2.05, 4.69) is 29.4 Å². The zero-order chi connectivity index (χ0) is 13.9. The molecule has 2 aromatic rings. The van der Waals surface area contributed by atoms with Crippen LogP contribution in [0, 0.1) is 6.92 Å². The number of aryl methyl sites for hydroxylation is 1. The van der Waals surface area contributed by atoms with Gasteiger partial charge in [0.25, 0.3) is 0 Å². The van der Waals surface area contributed by atoms with Gasteiger partial charge in [0.2, 0.25) is 0 Å². The van der Waals surface area contributed by atoms with Gasteiger partial charge >= 0.3 is 0 Å². The Morgan fingerprint density at radius 1 is 1.30 bits per heavy atom. The van der Waals surface area contributed by atoms with Gasteiger partial charge in [-0.2, -0.15) is 0 Å². The van der Waals surface area contributed by atoms with E-state index in [1.807, 2.05) is 19.2 Å². The van der Waals surface area contributed by atoms with Crippen molar-refractivity contribution in [3.63, 3.8) is 0 Å². The molecule has 1 aromatic carbocycles. The van der Waals surface area contributed by atoms with E-state index in [9.17, 15) is 0 Å². The normalized spacial score (nSPS) is 15.1. The first-order valence-corrected chi connectivity index (χ1v) is 7.65. The fraction of sp³-hybridized carbons (Fsp3) is 0.400. The van der Waals surface area contributed by atoms with Crippen LogP contribution in [0.25, 0.3) is 0 Å². The number of thiazole rings is 1. The van der Waals surface area contributed by atoms with Crippen LogP contribution in [0.15, 0.2) is 24.4 Å². The van der Waals surface area contributed by atoms with Crippen LogP contribution < -0.4 is 14.8 Å². The minimum atomic E-state index is 0.155. The van der Waals surface area contributed by atoms with E-state index in [1.165, 1.54) is 10.4 Å². The summed E-state index contributed by atoms with van der Waals surface area (Å²) in [7, 11) is 0. The maximum absolute atomic E-state index is 5.67. The largest absolute Gasteiger partial charge is 0.486 e. The summed E-state index contributed by atoms with van der Waals surface area (Å²) in [6.45, 7) is 6.27. The number of aromatic nitrogens is 1. The average Bonchev–Trinajstić information content (AvgIpc) is 2.90. The van der Waals surface area contributed by atoms with E-state index >= 15 is 0 Å². The third-order valence-electron chi connectivity index (χ3n) is 3.23. The lowest BCUT2D eigenvalue weighted by Crippen LogP contribution is -2.22. The van der Waals surface area contributed by atoms with Crippen molar-refractivity contribution >= 4 is 11.3 Å². The van der Waals surface area contributed by atoms with Crippen LogP contribution >= 0.6 is 11.3 Å². The second-order valence-electron chi connectivity index (χ2n) is 4.68. The van der Waals surface area contributed by atoms with Gasteiger partial charge in [0, 0.05) is 11.1 Å². The molecule has 0 aliphatic carbocycles. The Bertz CT molecular complexity index is 597. The van der Waals surface area contributed by atoms with Gasteiger partial charge in [-0.05, 0) is 31.2 Å². The molecule has 4 nitrogen and oxygen atoms in total. The summed E-state index contributed by atoms with van der Waals surface area (Å²) in [6, 6.07) is 6.30. The maximum Gasteiger partial charge on any atom is 0.161 e. The Hall–Kier alpha value is -1.59. The van der Waals surface area contributed by atoms with E-state index < -0.39 is 0 Å². The molecule has 1 aliphatic heterocycles. The van der Waals surface area contributed by atoms with E-state index in [0.29, 0.717) is 13.2 Å². The molecule has 3 rings (SSSR count). The second-order valence-corrected chi connectivity index (χ2v) is 5.94. The highest BCUT2D eigenvalue weighted by atomic mass is 32.1. The quantitative estimate of drug-likeness (QED) is 0.940. The van der Waals surface area contributed by atoms with Crippen molar-refractivity contribution in [3.05, 3.63) is 39.8 Å². The van der Waals surface area contributed by atoms with Gasteiger partial charge in [0.05, 0.1) is 11.0 Å². The minimum absolute atomic E-state index is 0.155. The number of hydrogen-bond donors (Lipinski definition) is 1. The highest BCUT2D eigenvalue weighted by Gasteiger charge is 2.19. The number of nitrogens with zero attached hydrogens (tertiary/aromatic N) is 1. The molecule has 0 bridgehead atoms. The number of hydrogen-bond acceptors (Lipinski definition) is 5. The Kier molecular flexibility index (Phi) is 3.89. The molecule has 1 aliphatic rings. The Balaban J connectivity index is 1.95. The first kappa shape index (κ1) is 13.4. The standard InChI is InChI=1S/C15H18N2O2S/c1-3-16-15(14-9-17-10(2)20-14)11-4-5-12-13(8-11)19-7-6-18-12/h4-5,8-9,15-16H,3,6-7H2,1-2H3. The predicted octanol–water partition coefficient (Wildman–Crippen LogP) is 2.92. The first-order chi connectivity index (χ1) is 9.78. The third-order valence-corrected chi connectivity index (χ3v) is 4.21. The molecule has 1 atom stereocenters. The molecular weight excluding hydrogens is 272 g/mol. The van der Waals surface area contributed by atoms with E-state index in [-0.39, 0.29) is 6.04 Å². The number of fused-ring (bicyclic) bond motifs is 1. The average molecular weight is 290 g/mol. The van der Waals surface area contributed by atoms with Crippen molar-refractivity contribution < 1.29 is 9.47 Å². The molecule has 20 heavy (non-hydrogen) atoms. The molecule has 1 unspecified atom stereocenters. The first-order valence-electron chi connectivity index (χ1n) is 6.83. The molecular formula is C15H18N2O2S. The fourth-order valence-electron chi connectivity index (χ4n) is 2.34. The van der Waals surface area contributed by atoms with Crippen molar-refractivity contribution in [2.45, 2.75) is 19.9 Å². The van der Waals surface area contributed by atoms with E-state index in [0.717, 1.165) is 23.1 Å². The molecule has 0 radical (unpaired) electrons. The van der Waals surface area contributed by atoms with Gasteiger partial charge in [-0.1, -0.05) is 13.0 Å². The summed E-state index contributed by atoms with van der Waals surface area (Å²) in [5.41, 5.74) is 1.18. The maximum atomic E-state index is 5.67. The Morgan fingerprint density at radius 2 is 2.10 bits per heavy atom. The topological polar surface area (TPSA) is 43.4 Å². The SMILES string of the molecule is CCNC(c1ccc2c(c1)OCCO2)c1cnc(C)s1. The Morgan fingerprint density at radius 3 is 2.80 bits per heavy atom. The van der Waals surface area contributed by atoms with Gasteiger partial charge in [-0.3, -0.25) is 0 Å². The summed E-state index contributed by atoms with van der Waals surface area (Å²) in [5, 5.41) is 4.59. The molecule has 5 heteroatoms. The lowest BCUT2D eigenvalue weighted by atomic mass is 10.0. The summed E-state index contributed by atoms with van der Waals surface area (Å²) in [6.07, 6.45) is 1.95. The fourth-order valence-corrected chi connectivity index (χ4v) is 3.23. The van der Waals surface area contributed by atoms with Crippen LogP contribution in [0.4, 0.5) is 0 Å². The van der Waals surface area contributed by atoms with Crippen LogP contribution in [-0.2, 0) is 0 Å². The van der Waals surface area contributed by atoms with Crippen molar-refractivity contribution in [2.24, 2.45) is 0 Å². The Labute approximate surface area is 122 Å². The van der Waals surface area contributed by atoms with Crippen LogP contribution in [0.1, 0.15) is 28.4 Å². The molecule has 106 valence electrons. The van der Waals surface area contributed by atoms with Gasteiger partial charge in [0.15, 0.2) is 11.5 Å². The monoisotopic (exact) mass is 290 g/mol. The molecule has 0 saturated heterocycles. The van der Waals surface area contributed by atoms with E-state index in [4.69, 9.17) is 9.47 Å². The van der Waals surface area contributed by atoms with Crippen molar-refractivity contribution in [2.75, 3.05) is 19.8 Å². The van der Waals surface area contributed by atoms with Crippen LogP contribution in [0.2, 0.25) is 0 Å². The van der Waals surface area contributed by atoms with Gasteiger partial charge in [-0.25, -0.2) is 4.98 Å². The number of rotatable bonds is 4. The van der Waals surface area contributed by atoms with E-state index in [1.54, 1.807) is 11.3 Å². The van der Waals surface area contributed by atoms with Crippen molar-refractivity contribution in [3.8, 4) is 11.5 Å². The summed E-state index contributed by atoms with van der Waals surface area (Å²) in [4.78, 5) is 5.58. The molecule has 0 amide bonds. The smallest absolute Gasteiger partial charge is 0.161 e. The van der Waals surface area contributed by atoms with Gasteiger partial charge in [-0.15, -0.1) is 11.3 Å². The molecule has 1 aromatic heterocycles. The minimum Gasteiger partial charge on any atom is -0.486 e. The van der Waals surface area contributed by atoms with Gasteiger partial charge < -0.3 is 14.8 Å². The predicted molar refractivity (Wildman–Crippen MR) is 79.8 cm³/mol. The molecule has 2 heterocycles. The zero-order valence-electron chi connectivity index (χ0n) is 11.7. The summed E-state index contributed by atoms with van der Waals surface area (Å²) < 4.78 is 11.2. The lowest BCUT2D eigenvalue weighted by molar-refractivity contribution is 0.171. The third kappa shape index (κ3) is 2.64. The number of nitrogens with one attached hydrogen (secondary N) is 1. The van der Waals surface area contributed by atoms with Crippen molar-refractivity contribution in [1.82, 2.24) is 10.3 Å². The molecule has 0 fully saturated rings. The molecule has 1 N–H and O–H groups in total. The summed E-state index contributed by atoms with van der Waals surface area (Å²) in [5.74, 6) is 1.66. The number of ether oxygens (including phenoxy) is 2. The van der Waals surface area contributed by atoms with Crippen LogP contribution in [-0.4, -0.2) is 24.7 Å². The highest BCUT2D eigenvalue weighted by molar-refractivity contribution is 7.11. The highest BCUT2D eigenvalue weighted by Crippen LogP contribution is 2.35.